The Balaban J connectivity index is 1.51. The molecule has 1 unspecified atom stereocenters. The molecule has 0 radical (unpaired) electrons. The number of hydrogen-bond acceptors (Lipinski definition) is 5. The van der Waals surface area contributed by atoms with Crippen molar-refractivity contribution in [3.05, 3.63) is 45.3 Å². The Morgan fingerprint density at radius 2 is 2.07 bits per heavy atom. The summed E-state index contributed by atoms with van der Waals surface area (Å²) in [5, 5.41) is 4.29. The van der Waals surface area contributed by atoms with Crippen LogP contribution in [-0.4, -0.2) is 25.5 Å². The largest absolute Gasteiger partial charge is 0.465 e. The topological polar surface area (TPSA) is 58.6 Å². The Morgan fingerprint density at radius 1 is 1.33 bits per heavy atom. The lowest BCUT2D eigenvalue weighted by Crippen LogP contribution is -2.30. The molecular formula is C24H30N2O3S. The first-order valence-corrected chi connectivity index (χ1v) is 11.4. The number of carbonyl (C=O) groups is 2. The van der Waals surface area contributed by atoms with Crippen LogP contribution in [0.1, 0.15) is 58.6 Å². The number of fused-ring (bicyclic) bond motifs is 1. The smallest absolute Gasteiger partial charge is 0.348 e. The maximum Gasteiger partial charge on any atom is 0.348 e. The third-order valence-electron chi connectivity index (χ3n) is 6.91. The molecule has 160 valence electrons. The van der Waals surface area contributed by atoms with Crippen LogP contribution in [0.4, 0.5) is 10.7 Å². The highest BCUT2D eigenvalue weighted by Crippen LogP contribution is 2.54. The zero-order valence-electron chi connectivity index (χ0n) is 18.4. The van der Waals surface area contributed by atoms with E-state index in [1.807, 2.05) is 12.1 Å². The number of esters is 1. The number of amides is 1. The van der Waals surface area contributed by atoms with E-state index >= 15 is 0 Å². The summed E-state index contributed by atoms with van der Waals surface area (Å²) in [6.45, 7) is 10.3. The quantitative estimate of drug-likeness (QED) is 0.677. The zero-order chi connectivity index (χ0) is 21.6. The fourth-order valence-electron chi connectivity index (χ4n) is 4.65. The third kappa shape index (κ3) is 3.85. The van der Waals surface area contributed by atoms with E-state index in [-0.39, 0.29) is 17.3 Å². The van der Waals surface area contributed by atoms with Crippen LogP contribution in [-0.2, 0) is 22.5 Å². The first kappa shape index (κ1) is 20.9. The number of aryl methyl sites for hydroxylation is 1. The molecule has 1 aromatic carbocycles. The monoisotopic (exact) mass is 426 g/mol. The molecule has 30 heavy (non-hydrogen) atoms. The van der Waals surface area contributed by atoms with Gasteiger partial charge in [-0.1, -0.05) is 19.9 Å². The van der Waals surface area contributed by atoms with Crippen LogP contribution in [0, 0.1) is 25.2 Å². The summed E-state index contributed by atoms with van der Waals surface area (Å²) in [7, 11) is 1.41. The first-order valence-electron chi connectivity index (χ1n) is 10.6. The second-order valence-corrected chi connectivity index (χ2v) is 10.2. The molecule has 1 aliphatic heterocycles. The lowest BCUT2D eigenvalue weighted by molar-refractivity contribution is -0.117. The number of thiophene rings is 1. The van der Waals surface area contributed by atoms with Gasteiger partial charge < -0.3 is 15.0 Å². The van der Waals surface area contributed by atoms with Crippen molar-refractivity contribution in [1.29, 1.82) is 0 Å². The molecule has 1 N–H and O–H groups in total. The van der Waals surface area contributed by atoms with Crippen molar-refractivity contribution in [2.45, 2.75) is 53.5 Å². The number of carbonyl (C=O) groups excluding carboxylic acids is 2. The number of anilines is 2. The van der Waals surface area contributed by atoms with E-state index < -0.39 is 0 Å². The Morgan fingerprint density at radius 3 is 2.73 bits per heavy atom. The predicted molar refractivity (Wildman–Crippen MR) is 121 cm³/mol. The maximum absolute atomic E-state index is 12.6. The van der Waals surface area contributed by atoms with Crippen molar-refractivity contribution in [2.75, 3.05) is 23.9 Å². The van der Waals surface area contributed by atoms with Gasteiger partial charge in [0.25, 0.3) is 0 Å². The van der Waals surface area contributed by atoms with E-state index in [0.29, 0.717) is 17.2 Å². The Hall–Kier alpha value is -2.34. The van der Waals surface area contributed by atoms with Gasteiger partial charge in [0.05, 0.1) is 12.1 Å². The lowest BCUT2D eigenvalue weighted by atomic mass is 9.91. The number of nitrogens with zero attached hydrogens (tertiary/aromatic N) is 1. The molecule has 1 aromatic heterocycles. The van der Waals surface area contributed by atoms with Crippen molar-refractivity contribution < 1.29 is 14.3 Å². The van der Waals surface area contributed by atoms with Crippen molar-refractivity contribution in [2.24, 2.45) is 11.3 Å². The molecule has 4 rings (SSSR count). The summed E-state index contributed by atoms with van der Waals surface area (Å²) in [5.74, 6) is 0.474. The summed E-state index contributed by atoms with van der Waals surface area (Å²) in [4.78, 5) is 27.4. The number of hydrogen-bond donors (Lipinski definition) is 1. The lowest BCUT2D eigenvalue weighted by Gasteiger charge is -2.32. The molecule has 1 aliphatic carbocycles. The minimum atomic E-state index is -0.287. The van der Waals surface area contributed by atoms with Crippen LogP contribution >= 0.6 is 11.3 Å². The van der Waals surface area contributed by atoms with Gasteiger partial charge in [-0.05, 0) is 72.4 Å². The molecule has 5 nitrogen and oxygen atoms in total. The van der Waals surface area contributed by atoms with E-state index in [1.165, 1.54) is 35.1 Å². The highest BCUT2D eigenvalue weighted by Gasteiger charge is 2.47. The average molecular weight is 427 g/mol. The maximum atomic E-state index is 12.6. The molecule has 2 aromatic rings. The summed E-state index contributed by atoms with van der Waals surface area (Å²) in [5.41, 5.74) is 6.08. The van der Waals surface area contributed by atoms with Crippen LogP contribution < -0.4 is 10.2 Å². The molecule has 0 spiro atoms. The van der Waals surface area contributed by atoms with Crippen LogP contribution in [0.5, 0.6) is 0 Å². The molecule has 2 heterocycles. The Kier molecular flexibility index (Phi) is 5.39. The molecule has 0 saturated heterocycles. The van der Waals surface area contributed by atoms with E-state index in [4.69, 9.17) is 4.74 Å². The van der Waals surface area contributed by atoms with Gasteiger partial charge in [0.15, 0.2) is 0 Å². The molecule has 0 bridgehead atoms. The molecule has 1 amide bonds. The van der Waals surface area contributed by atoms with Gasteiger partial charge in [-0.3, -0.25) is 4.79 Å². The molecule has 1 saturated carbocycles. The van der Waals surface area contributed by atoms with Crippen molar-refractivity contribution in [1.82, 2.24) is 0 Å². The number of rotatable bonds is 5. The number of benzene rings is 1. The van der Waals surface area contributed by atoms with E-state index in [0.717, 1.165) is 42.2 Å². The molecule has 2 aliphatic rings. The van der Waals surface area contributed by atoms with E-state index in [9.17, 15) is 9.59 Å². The molecular weight excluding hydrogens is 396 g/mol. The van der Waals surface area contributed by atoms with Gasteiger partial charge in [0, 0.05) is 25.2 Å². The predicted octanol–water partition coefficient (Wildman–Crippen LogP) is 5.09. The Bertz CT molecular complexity index is 1010. The minimum absolute atomic E-state index is 0.124. The Labute approximate surface area is 182 Å². The minimum Gasteiger partial charge on any atom is -0.465 e. The van der Waals surface area contributed by atoms with Crippen LogP contribution in [0.2, 0.25) is 0 Å². The van der Waals surface area contributed by atoms with Crippen LogP contribution in [0.25, 0.3) is 0 Å². The van der Waals surface area contributed by atoms with Crippen molar-refractivity contribution in [3.63, 3.8) is 0 Å². The average Bonchev–Trinajstić information content (AvgIpc) is 3.09. The van der Waals surface area contributed by atoms with Crippen molar-refractivity contribution >= 4 is 33.9 Å². The normalized spacial score (nSPS) is 22.4. The second-order valence-electron chi connectivity index (χ2n) is 9.12. The summed E-state index contributed by atoms with van der Waals surface area (Å²) in [6.07, 6.45) is 2.65. The highest BCUT2D eigenvalue weighted by molar-refractivity contribution is 7.17. The summed E-state index contributed by atoms with van der Waals surface area (Å²) < 4.78 is 4.83. The van der Waals surface area contributed by atoms with Gasteiger partial charge in [-0.2, -0.15) is 0 Å². The van der Waals surface area contributed by atoms with Gasteiger partial charge >= 0.3 is 5.97 Å². The fourth-order valence-corrected chi connectivity index (χ4v) is 5.60. The first-order chi connectivity index (χ1) is 14.2. The summed E-state index contributed by atoms with van der Waals surface area (Å²) >= 11 is 1.47. The standard InChI is InChI=1S/C24H30N2O3S/c1-14-10-17-13-26(21-7-6-19(30-21)23(28)29-5)9-8-18(17)16(3)22(14)25-20(27)12-24(4)11-15(24)2/h6-7,10,15H,8-9,11-13H2,1-5H3,(H,25,27)/t15-,24?/m1/s1. The summed E-state index contributed by atoms with van der Waals surface area (Å²) in [6, 6.07) is 6.04. The number of ether oxygens (including phenoxy) is 1. The van der Waals surface area contributed by atoms with E-state index in [1.54, 1.807) is 0 Å². The van der Waals surface area contributed by atoms with Crippen molar-refractivity contribution in [3.8, 4) is 0 Å². The van der Waals surface area contributed by atoms with Gasteiger partial charge in [-0.15, -0.1) is 11.3 Å². The highest BCUT2D eigenvalue weighted by atomic mass is 32.1. The molecule has 6 heteroatoms. The third-order valence-corrected chi connectivity index (χ3v) is 8.04. The number of nitrogens with one attached hydrogen (secondary N) is 1. The SMILES string of the molecule is COC(=O)c1ccc(N2CCc3c(cc(C)c(NC(=O)CC4(C)C[C@H]4C)c3C)C2)s1. The van der Waals surface area contributed by atoms with Crippen LogP contribution in [0.15, 0.2) is 18.2 Å². The van der Waals surface area contributed by atoms with Gasteiger partial charge in [0.1, 0.15) is 4.88 Å². The van der Waals surface area contributed by atoms with Gasteiger partial charge in [0.2, 0.25) is 5.91 Å². The fraction of sp³-hybridized carbons (Fsp3) is 0.500. The molecule has 1 fully saturated rings. The number of methoxy groups -OCH3 is 1. The molecule has 2 atom stereocenters. The van der Waals surface area contributed by atoms with Gasteiger partial charge in [-0.25, -0.2) is 4.79 Å². The van der Waals surface area contributed by atoms with E-state index in [2.05, 4.69) is 44.0 Å². The van der Waals surface area contributed by atoms with Crippen LogP contribution in [0.3, 0.4) is 0 Å². The second kappa shape index (κ2) is 7.73. The zero-order valence-corrected chi connectivity index (χ0v) is 19.2.